The summed E-state index contributed by atoms with van der Waals surface area (Å²) in [5, 5.41) is 9.17. The van der Waals surface area contributed by atoms with Crippen LogP contribution in [0.25, 0.3) is 33.4 Å². The number of pyridine rings is 1. The molecule has 0 unspecified atom stereocenters. The van der Waals surface area contributed by atoms with Crippen LogP contribution in [0.15, 0.2) is 60.7 Å². The fourth-order valence-electron chi connectivity index (χ4n) is 3.97. The summed E-state index contributed by atoms with van der Waals surface area (Å²) in [7, 11) is -0.611. The molecule has 1 aliphatic rings. The van der Waals surface area contributed by atoms with Crippen LogP contribution in [0.5, 0.6) is 5.88 Å². The van der Waals surface area contributed by atoms with Crippen molar-refractivity contribution >= 4 is 34.3 Å². The van der Waals surface area contributed by atoms with Gasteiger partial charge in [-0.3, -0.25) is 4.21 Å². The van der Waals surface area contributed by atoms with Crippen molar-refractivity contribution < 1.29 is 28.0 Å². The van der Waals surface area contributed by atoms with Crippen molar-refractivity contribution in [3.63, 3.8) is 0 Å². The Morgan fingerprint density at radius 2 is 1.66 bits per heavy atom. The third kappa shape index (κ3) is 7.70. The SMILES string of the molecule is C=O.CS(C)=O.Nc1ccc(-c2ccc(-c3nc4cc(O[C@H]5CC[C@@H](CO)OC5)[nH]c4cc3F)cc2)cc1. The maximum absolute atomic E-state index is 14.8. The highest BCUT2D eigenvalue weighted by Gasteiger charge is 2.23. The second kappa shape index (κ2) is 13.8. The number of fused-ring (bicyclic) bond motifs is 1. The van der Waals surface area contributed by atoms with Crippen molar-refractivity contribution in [1.82, 2.24) is 9.97 Å². The number of rotatable bonds is 5. The van der Waals surface area contributed by atoms with E-state index in [0.29, 0.717) is 40.5 Å². The van der Waals surface area contributed by atoms with Crippen LogP contribution in [-0.2, 0) is 20.3 Å². The van der Waals surface area contributed by atoms with Gasteiger partial charge in [0.05, 0.1) is 30.4 Å². The molecule has 38 heavy (non-hydrogen) atoms. The van der Waals surface area contributed by atoms with Crippen LogP contribution in [0, 0.1) is 5.82 Å². The van der Waals surface area contributed by atoms with E-state index in [4.69, 9.17) is 20.0 Å². The highest BCUT2D eigenvalue weighted by Crippen LogP contribution is 2.30. The van der Waals surface area contributed by atoms with Crippen LogP contribution in [0.1, 0.15) is 12.8 Å². The van der Waals surface area contributed by atoms with E-state index in [1.54, 1.807) is 18.6 Å². The molecule has 0 aliphatic carbocycles. The lowest BCUT2D eigenvalue weighted by Crippen LogP contribution is -2.35. The Bertz CT molecular complexity index is 1330. The van der Waals surface area contributed by atoms with Gasteiger partial charge in [0, 0.05) is 46.7 Å². The van der Waals surface area contributed by atoms with Gasteiger partial charge in [0.2, 0.25) is 0 Å². The number of nitrogens with one attached hydrogen (secondary N) is 1. The molecule has 1 fully saturated rings. The molecule has 2 atom stereocenters. The van der Waals surface area contributed by atoms with Crippen LogP contribution in [0.4, 0.5) is 10.1 Å². The predicted octanol–water partition coefficient (Wildman–Crippen LogP) is 4.35. The van der Waals surface area contributed by atoms with Gasteiger partial charge in [0.1, 0.15) is 18.6 Å². The molecule has 0 radical (unpaired) electrons. The van der Waals surface area contributed by atoms with Crippen molar-refractivity contribution in [2.75, 3.05) is 31.5 Å². The van der Waals surface area contributed by atoms with E-state index in [0.717, 1.165) is 24.0 Å². The Kier molecular flexibility index (Phi) is 10.5. The van der Waals surface area contributed by atoms with Crippen LogP contribution in [0.3, 0.4) is 0 Å². The maximum atomic E-state index is 14.8. The number of aliphatic hydroxyl groups excluding tert-OH is 1. The van der Waals surface area contributed by atoms with Crippen molar-refractivity contribution in [3.05, 3.63) is 66.5 Å². The number of nitrogens with zero attached hydrogens (tertiary/aromatic N) is 1. The maximum Gasteiger partial charge on any atom is 0.193 e. The van der Waals surface area contributed by atoms with Gasteiger partial charge in [-0.2, -0.15) is 0 Å². The number of nitrogen functional groups attached to an aromatic ring is 1. The Morgan fingerprint density at radius 3 is 2.21 bits per heavy atom. The molecule has 3 heterocycles. The third-order valence-electron chi connectivity index (χ3n) is 5.76. The second-order valence-electron chi connectivity index (χ2n) is 8.78. The van der Waals surface area contributed by atoms with Crippen molar-refractivity contribution in [1.29, 1.82) is 0 Å². The lowest BCUT2D eigenvalue weighted by atomic mass is 10.0. The topological polar surface area (TPSA) is 128 Å². The molecule has 202 valence electrons. The molecule has 8 nitrogen and oxygen atoms in total. The van der Waals surface area contributed by atoms with Gasteiger partial charge in [-0.25, -0.2) is 9.37 Å². The number of aromatic nitrogens is 2. The normalized spacial score (nSPS) is 16.8. The molecule has 4 N–H and O–H groups in total. The molecule has 10 heteroatoms. The van der Waals surface area contributed by atoms with Gasteiger partial charge >= 0.3 is 0 Å². The highest BCUT2D eigenvalue weighted by molar-refractivity contribution is 7.83. The summed E-state index contributed by atoms with van der Waals surface area (Å²) < 4.78 is 35.9. The summed E-state index contributed by atoms with van der Waals surface area (Å²) in [5.41, 5.74) is 10.7. The molecule has 5 rings (SSSR count). The Balaban J connectivity index is 0.000000612. The number of ether oxygens (including phenoxy) is 2. The van der Waals surface area contributed by atoms with Crippen LogP contribution >= 0.6 is 0 Å². The zero-order valence-electron chi connectivity index (χ0n) is 21.4. The predicted molar refractivity (Wildman–Crippen MR) is 149 cm³/mol. The minimum Gasteiger partial charge on any atom is -0.473 e. The summed E-state index contributed by atoms with van der Waals surface area (Å²) in [6.45, 7) is 2.43. The Morgan fingerprint density at radius 1 is 1.08 bits per heavy atom. The highest BCUT2D eigenvalue weighted by atomic mass is 32.2. The summed E-state index contributed by atoms with van der Waals surface area (Å²) >= 11 is 0. The van der Waals surface area contributed by atoms with Crippen molar-refractivity contribution in [2.24, 2.45) is 0 Å². The quantitative estimate of drug-likeness (QED) is 0.321. The summed E-state index contributed by atoms with van der Waals surface area (Å²) in [6.07, 6.45) is 4.57. The molecule has 2 aromatic carbocycles. The number of aromatic amines is 1. The van der Waals surface area contributed by atoms with Gasteiger partial charge in [0.15, 0.2) is 11.7 Å². The number of halogens is 1. The summed E-state index contributed by atoms with van der Waals surface area (Å²) in [5.74, 6) is 0.122. The molecule has 0 amide bonds. The number of anilines is 1. The first kappa shape index (κ1) is 29.0. The number of aliphatic hydroxyl groups is 1. The molecular formula is C28H32FN3O5S. The van der Waals surface area contributed by atoms with E-state index in [2.05, 4.69) is 9.97 Å². The lowest BCUT2D eigenvalue weighted by Gasteiger charge is -2.27. The van der Waals surface area contributed by atoms with E-state index in [9.17, 15) is 13.7 Å². The number of carbonyl (C=O) groups excluding carboxylic acids is 1. The summed E-state index contributed by atoms with van der Waals surface area (Å²) in [6, 6.07) is 18.5. The van der Waals surface area contributed by atoms with Crippen LogP contribution in [0.2, 0.25) is 0 Å². The fourth-order valence-corrected chi connectivity index (χ4v) is 3.97. The first-order chi connectivity index (χ1) is 18.3. The second-order valence-corrected chi connectivity index (χ2v) is 10.3. The molecule has 1 aliphatic heterocycles. The van der Waals surface area contributed by atoms with Crippen molar-refractivity contribution in [3.8, 4) is 28.3 Å². The van der Waals surface area contributed by atoms with E-state index in [1.807, 2.05) is 55.3 Å². The number of hydrogen-bond donors (Lipinski definition) is 3. The molecule has 0 spiro atoms. The molecule has 2 aromatic heterocycles. The largest absolute Gasteiger partial charge is 0.473 e. The molecule has 1 saturated heterocycles. The molecule has 0 bridgehead atoms. The molecular weight excluding hydrogens is 509 g/mol. The number of benzene rings is 2. The lowest BCUT2D eigenvalue weighted by molar-refractivity contribution is -0.0980. The third-order valence-corrected chi connectivity index (χ3v) is 5.76. The van der Waals surface area contributed by atoms with E-state index >= 15 is 0 Å². The first-order valence-corrected chi connectivity index (χ1v) is 13.9. The Hall–Kier alpha value is -3.60. The van der Waals surface area contributed by atoms with Gasteiger partial charge in [-0.15, -0.1) is 0 Å². The van der Waals surface area contributed by atoms with E-state index < -0.39 is 16.6 Å². The van der Waals surface area contributed by atoms with Gasteiger partial charge < -0.3 is 30.1 Å². The molecule has 0 saturated carbocycles. The minimum atomic E-state index is -0.611. The van der Waals surface area contributed by atoms with Crippen molar-refractivity contribution in [2.45, 2.75) is 25.0 Å². The number of nitrogens with two attached hydrogens (primary N) is 1. The average Bonchev–Trinajstić information content (AvgIpc) is 3.31. The Labute approximate surface area is 223 Å². The standard InChI is InChI=1S/C25H24FN3O3.C2H6OS.CH2O/c26-21-11-22-23(12-24(28-22)32-20-10-9-19(13-30)31-14-20)29-25(21)17-3-1-15(2-4-17)16-5-7-18(27)8-6-16;1-4(2)3;1-2/h1-8,11-12,19-20,28,30H,9-10,13-14,27H2;1-2H3;1H2/t19-,20-;;/m0../s1. The van der Waals surface area contributed by atoms with Gasteiger partial charge in [0.25, 0.3) is 0 Å². The zero-order valence-corrected chi connectivity index (χ0v) is 22.2. The fraction of sp³-hybridized carbons (Fsp3) is 0.286. The van der Waals surface area contributed by atoms with Gasteiger partial charge in [-0.05, 0) is 36.1 Å². The minimum absolute atomic E-state index is 0.0199. The number of H-pyrrole nitrogens is 1. The number of hydrogen-bond acceptors (Lipinski definition) is 7. The van der Waals surface area contributed by atoms with Gasteiger partial charge in [-0.1, -0.05) is 36.4 Å². The van der Waals surface area contributed by atoms with E-state index in [-0.39, 0.29) is 18.8 Å². The molecule has 4 aromatic rings. The average molecular weight is 542 g/mol. The zero-order chi connectivity index (χ0) is 27.7. The van der Waals surface area contributed by atoms with Crippen LogP contribution < -0.4 is 10.5 Å². The monoisotopic (exact) mass is 541 g/mol. The van der Waals surface area contributed by atoms with E-state index in [1.165, 1.54) is 6.07 Å². The number of carbonyl (C=O) groups is 1. The summed E-state index contributed by atoms with van der Waals surface area (Å²) in [4.78, 5) is 15.6. The first-order valence-electron chi connectivity index (χ1n) is 11.9. The smallest absolute Gasteiger partial charge is 0.193 e. The van der Waals surface area contributed by atoms with Crippen LogP contribution in [-0.4, -0.2) is 64.0 Å².